The van der Waals surface area contributed by atoms with Crippen LogP contribution in [0.3, 0.4) is 0 Å². The van der Waals surface area contributed by atoms with Crippen molar-refractivity contribution in [3.05, 3.63) is 0 Å². The molecule has 0 aromatic carbocycles. The minimum absolute atomic E-state index is 0.0788. The fourth-order valence-corrected chi connectivity index (χ4v) is 1.70. The van der Waals surface area contributed by atoms with Gasteiger partial charge in [-0.05, 0) is 33.6 Å². The third-order valence-electron chi connectivity index (χ3n) is 2.32. The molecule has 4 nitrogen and oxygen atoms in total. The Morgan fingerprint density at radius 1 is 1.60 bits per heavy atom. The highest BCUT2D eigenvalue weighted by Gasteiger charge is 2.31. The monoisotopic (exact) mass is 218 g/mol. The SMILES string of the molecule is CC(C)(C)OC(=O)N1CCC[C@H]1CNF. The van der Waals surface area contributed by atoms with E-state index in [-0.39, 0.29) is 18.7 Å². The van der Waals surface area contributed by atoms with Crippen LogP contribution >= 0.6 is 0 Å². The van der Waals surface area contributed by atoms with Crippen LogP contribution in [0.5, 0.6) is 0 Å². The molecule has 0 aromatic rings. The number of amides is 1. The highest BCUT2D eigenvalue weighted by atomic mass is 19.2. The van der Waals surface area contributed by atoms with Gasteiger partial charge in [-0.1, -0.05) is 0 Å². The quantitative estimate of drug-likeness (QED) is 0.719. The van der Waals surface area contributed by atoms with E-state index < -0.39 is 5.60 Å². The predicted molar refractivity (Wildman–Crippen MR) is 55.1 cm³/mol. The molecule has 5 heteroatoms. The molecule has 1 amide bonds. The minimum atomic E-state index is -0.493. The largest absolute Gasteiger partial charge is 0.444 e. The number of nitrogens with one attached hydrogen (secondary N) is 1. The van der Waals surface area contributed by atoms with Gasteiger partial charge in [-0.25, -0.2) is 4.79 Å². The predicted octanol–water partition coefficient (Wildman–Crippen LogP) is 1.86. The number of carbonyl (C=O) groups excluding carboxylic acids is 1. The number of nitrogens with zero attached hydrogens (tertiary/aromatic N) is 1. The lowest BCUT2D eigenvalue weighted by atomic mass is 10.2. The van der Waals surface area contributed by atoms with Crippen molar-refractivity contribution in [1.29, 1.82) is 0 Å². The van der Waals surface area contributed by atoms with E-state index in [0.29, 0.717) is 6.54 Å². The Kier molecular flexibility index (Phi) is 3.90. The third-order valence-corrected chi connectivity index (χ3v) is 2.32. The molecule has 88 valence electrons. The Morgan fingerprint density at radius 3 is 2.80 bits per heavy atom. The second-order valence-corrected chi connectivity index (χ2v) is 4.81. The first-order valence-corrected chi connectivity index (χ1v) is 5.27. The molecule has 1 heterocycles. The smallest absolute Gasteiger partial charge is 0.410 e. The Hall–Kier alpha value is -0.840. The molecular formula is C10H19FN2O2. The van der Waals surface area contributed by atoms with Crippen LogP contribution < -0.4 is 5.54 Å². The summed E-state index contributed by atoms with van der Waals surface area (Å²) in [6.07, 6.45) is 1.39. The summed E-state index contributed by atoms with van der Waals surface area (Å²) in [6, 6.07) is -0.0788. The van der Waals surface area contributed by atoms with Crippen molar-refractivity contribution in [3.63, 3.8) is 0 Å². The first-order chi connectivity index (χ1) is 6.94. The summed E-state index contributed by atoms with van der Waals surface area (Å²) in [5.74, 6) is 0. The lowest BCUT2D eigenvalue weighted by Crippen LogP contribution is -2.43. The van der Waals surface area contributed by atoms with Gasteiger partial charge in [0.2, 0.25) is 0 Å². The Bertz CT molecular complexity index is 228. The van der Waals surface area contributed by atoms with E-state index >= 15 is 0 Å². The van der Waals surface area contributed by atoms with Crippen molar-refractivity contribution in [2.24, 2.45) is 0 Å². The lowest BCUT2D eigenvalue weighted by Gasteiger charge is -2.28. The molecule has 15 heavy (non-hydrogen) atoms. The third kappa shape index (κ3) is 3.66. The molecule has 0 unspecified atom stereocenters. The second kappa shape index (κ2) is 4.79. The van der Waals surface area contributed by atoms with Crippen LogP contribution in [0.1, 0.15) is 33.6 Å². The van der Waals surface area contributed by atoms with E-state index in [4.69, 9.17) is 4.74 Å². The standard InChI is InChI=1S/C10H19FN2O2/c1-10(2,3)15-9(14)13-6-4-5-8(13)7-12-11/h8,12H,4-7H2,1-3H3/t8-/m0/s1. The van der Waals surface area contributed by atoms with E-state index in [0.717, 1.165) is 12.8 Å². The van der Waals surface area contributed by atoms with Crippen LogP contribution in [0.15, 0.2) is 0 Å². The Labute approximate surface area is 89.7 Å². The van der Waals surface area contributed by atoms with E-state index in [1.165, 1.54) is 0 Å². The fraction of sp³-hybridized carbons (Fsp3) is 0.900. The molecule has 1 rings (SSSR count). The molecule has 1 N–H and O–H groups in total. The van der Waals surface area contributed by atoms with Gasteiger partial charge < -0.3 is 9.64 Å². The van der Waals surface area contributed by atoms with Crippen LogP contribution in [-0.4, -0.2) is 35.7 Å². The van der Waals surface area contributed by atoms with Gasteiger partial charge in [0.1, 0.15) is 5.60 Å². The molecule has 1 fully saturated rings. The first kappa shape index (κ1) is 12.2. The Morgan fingerprint density at radius 2 is 2.27 bits per heavy atom. The maximum atomic E-state index is 12.0. The van der Waals surface area contributed by atoms with Crippen LogP contribution in [-0.2, 0) is 4.74 Å². The summed E-state index contributed by atoms with van der Waals surface area (Å²) in [5.41, 5.74) is 1.12. The average molecular weight is 218 g/mol. The molecule has 1 aliphatic heterocycles. The van der Waals surface area contributed by atoms with Crippen molar-refractivity contribution >= 4 is 6.09 Å². The van der Waals surface area contributed by atoms with Crippen molar-refractivity contribution in [3.8, 4) is 0 Å². The van der Waals surface area contributed by atoms with Crippen molar-refractivity contribution in [2.45, 2.75) is 45.3 Å². The number of hydrogen-bond donors (Lipinski definition) is 1. The van der Waals surface area contributed by atoms with Gasteiger partial charge in [-0.2, -0.15) is 5.54 Å². The van der Waals surface area contributed by atoms with Gasteiger partial charge in [0.15, 0.2) is 0 Å². The van der Waals surface area contributed by atoms with Gasteiger partial charge in [-0.15, -0.1) is 4.48 Å². The van der Waals surface area contributed by atoms with Gasteiger partial charge in [0, 0.05) is 13.1 Å². The fourth-order valence-electron chi connectivity index (χ4n) is 1.70. The maximum absolute atomic E-state index is 12.0. The van der Waals surface area contributed by atoms with Crippen LogP contribution in [0.2, 0.25) is 0 Å². The molecule has 0 aromatic heterocycles. The molecule has 1 aliphatic rings. The van der Waals surface area contributed by atoms with E-state index in [9.17, 15) is 9.28 Å². The zero-order valence-electron chi connectivity index (χ0n) is 9.55. The average Bonchev–Trinajstić information content (AvgIpc) is 2.49. The summed E-state index contributed by atoms with van der Waals surface area (Å²) in [5, 5.41) is 0. The highest BCUT2D eigenvalue weighted by Crippen LogP contribution is 2.20. The summed E-state index contributed by atoms with van der Waals surface area (Å²) < 4.78 is 17.2. The molecule has 0 bridgehead atoms. The summed E-state index contributed by atoms with van der Waals surface area (Å²) in [7, 11) is 0. The number of hydrogen-bond acceptors (Lipinski definition) is 3. The molecule has 1 atom stereocenters. The number of likely N-dealkylation sites (tertiary alicyclic amines) is 1. The molecule has 0 spiro atoms. The Balaban J connectivity index is 2.51. The molecule has 0 radical (unpaired) electrons. The maximum Gasteiger partial charge on any atom is 0.410 e. The van der Waals surface area contributed by atoms with E-state index in [1.54, 1.807) is 10.4 Å². The van der Waals surface area contributed by atoms with Crippen LogP contribution in [0, 0.1) is 0 Å². The summed E-state index contributed by atoms with van der Waals surface area (Å²) in [6.45, 7) is 6.30. The molecular weight excluding hydrogens is 199 g/mol. The van der Waals surface area contributed by atoms with E-state index in [1.807, 2.05) is 20.8 Å². The van der Waals surface area contributed by atoms with Crippen molar-refractivity contribution in [1.82, 2.24) is 10.4 Å². The zero-order chi connectivity index (χ0) is 11.5. The van der Waals surface area contributed by atoms with Crippen LogP contribution in [0.25, 0.3) is 0 Å². The van der Waals surface area contributed by atoms with Gasteiger partial charge >= 0.3 is 6.09 Å². The van der Waals surface area contributed by atoms with Crippen molar-refractivity contribution < 1.29 is 14.0 Å². The number of ether oxygens (including phenoxy) is 1. The zero-order valence-corrected chi connectivity index (χ0v) is 9.55. The number of carbonyl (C=O) groups is 1. The van der Waals surface area contributed by atoms with Crippen LogP contribution in [0.4, 0.5) is 9.28 Å². The molecule has 1 saturated heterocycles. The van der Waals surface area contributed by atoms with Gasteiger partial charge in [-0.3, -0.25) is 0 Å². The molecule has 0 saturated carbocycles. The normalized spacial score (nSPS) is 21.9. The minimum Gasteiger partial charge on any atom is -0.444 e. The summed E-state index contributed by atoms with van der Waals surface area (Å²) >= 11 is 0. The second-order valence-electron chi connectivity index (χ2n) is 4.81. The van der Waals surface area contributed by atoms with E-state index in [2.05, 4.69) is 0 Å². The lowest BCUT2D eigenvalue weighted by molar-refractivity contribution is 0.0216. The number of rotatable bonds is 2. The van der Waals surface area contributed by atoms with Gasteiger partial charge in [0.05, 0.1) is 6.04 Å². The number of halogens is 1. The first-order valence-electron chi connectivity index (χ1n) is 5.27. The highest BCUT2D eigenvalue weighted by molar-refractivity contribution is 5.68. The molecule has 0 aliphatic carbocycles. The summed E-state index contributed by atoms with van der Waals surface area (Å²) in [4.78, 5) is 13.3. The topological polar surface area (TPSA) is 41.6 Å². The van der Waals surface area contributed by atoms with Crippen molar-refractivity contribution in [2.75, 3.05) is 13.1 Å². The van der Waals surface area contributed by atoms with Gasteiger partial charge in [0.25, 0.3) is 0 Å².